The van der Waals surface area contributed by atoms with Crippen LogP contribution >= 0.6 is 11.6 Å². The summed E-state index contributed by atoms with van der Waals surface area (Å²) in [6, 6.07) is 20.9. The van der Waals surface area contributed by atoms with Crippen LogP contribution in [-0.4, -0.2) is 25.5 Å². The van der Waals surface area contributed by atoms with Gasteiger partial charge in [0.05, 0.1) is 17.8 Å². The lowest BCUT2D eigenvalue weighted by atomic mass is 10.1. The van der Waals surface area contributed by atoms with Gasteiger partial charge in [0, 0.05) is 5.69 Å². The van der Waals surface area contributed by atoms with E-state index >= 15 is 0 Å². The number of benzene rings is 3. The van der Waals surface area contributed by atoms with Gasteiger partial charge in [0.1, 0.15) is 11.6 Å². The van der Waals surface area contributed by atoms with Gasteiger partial charge in [-0.2, -0.15) is 5.26 Å². The number of ether oxygens (including phenoxy) is 2. The van der Waals surface area contributed by atoms with Gasteiger partial charge in [0.2, 0.25) is 0 Å². The van der Waals surface area contributed by atoms with E-state index in [1.807, 2.05) is 25.1 Å². The third kappa shape index (κ3) is 6.61. The molecule has 34 heavy (non-hydrogen) atoms. The second-order valence-corrected chi connectivity index (χ2v) is 7.62. The van der Waals surface area contributed by atoms with E-state index in [1.54, 1.807) is 54.6 Å². The number of aryl methyl sites for hydroxylation is 1. The quantitative estimate of drug-likeness (QED) is 0.343. The van der Waals surface area contributed by atoms with E-state index < -0.39 is 11.8 Å². The number of nitrogens with zero attached hydrogens (tertiary/aromatic N) is 1. The highest BCUT2D eigenvalue weighted by Crippen LogP contribution is 2.29. The Balaban J connectivity index is 1.68. The average molecular weight is 476 g/mol. The van der Waals surface area contributed by atoms with Crippen molar-refractivity contribution < 1.29 is 19.1 Å². The van der Waals surface area contributed by atoms with E-state index in [0.29, 0.717) is 33.5 Å². The first kappa shape index (κ1) is 24.4. The second kappa shape index (κ2) is 11.5. The number of hydrogen-bond acceptors (Lipinski definition) is 5. The smallest absolute Gasteiger partial charge is 0.266 e. The van der Waals surface area contributed by atoms with Gasteiger partial charge in [0.25, 0.3) is 11.8 Å². The van der Waals surface area contributed by atoms with Gasteiger partial charge < -0.3 is 20.1 Å². The topological polar surface area (TPSA) is 100 Å². The summed E-state index contributed by atoms with van der Waals surface area (Å²) in [6.45, 7) is 1.68. The van der Waals surface area contributed by atoms with Crippen molar-refractivity contribution in [1.82, 2.24) is 0 Å². The Morgan fingerprint density at radius 2 is 1.76 bits per heavy atom. The van der Waals surface area contributed by atoms with Crippen molar-refractivity contribution in [2.45, 2.75) is 6.92 Å². The highest BCUT2D eigenvalue weighted by molar-refractivity contribution is 6.33. The van der Waals surface area contributed by atoms with E-state index in [1.165, 1.54) is 13.2 Å². The Morgan fingerprint density at radius 1 is 1.03 bits per heavy atom. The number of carbonyl (C=O) groups excluding carboxylic acids is 2. The van der Waals surface area contributed by atoms with Gasteiger partial charge >= 0.3 is 0 Å². The number of nitriles is 1. The summed E-state index contributed by atoms with van der Waals surface area (Å²) in [7, 11) is 1.45. The minimum absolute atomic E-state index is 0.0737. The van der Waals surface area contributed by atoms with Crippen LogP contribution in [0.1, 0.15) is 11.1 Å². The fourth-order valence-electron chi connectivity index (χ4n) is 2.94. The largest absolute Gasteiger partial charge is 0.493 e. The van der Waals surface area contributed by atoms with Gasteiger partial charge in [0.15, 0.2) is 18.1 Å². The van der Waals surface area contributed by atoms with Crippen molar-refractivity contribution in [3.63, 3.8) is 0 Å². The van der Waals surface area contributed by atoms with Gasteiger partial charge in [-0.25, -0.2) is 0 Å². The molecule has 0 saturated carbocycles. The maximum atomic E-state index is 12.5. The monoisotopic (exact) mass is 475 g/mol. The molecule has 0 spiro atoms. The molecule has 0 saturated heterocycles. The van der Waals surface area contributed by atoms with Crippen LogP contribution in [0.3, 0.4) is 0 Å². The van der Waals surface area contributed by atoms with Crippen molar-refractivity contribution >= 4 is 40.9 Å². The normalized spacial score (nSPS) is 10.7. The predicted molar refractivity (Wildman–Crippen MR) is 132 cm³/mol. The van der Waals surface area contributed by atoms with Crippen molar-refractivity contribution in [3.8, 4) is 17.6 Å². The fourth-order valence-corrected chi connectivity index (χ4v) is 3.12. The number of nitrogens with one attached hydrogen (secondary N) is 2. The maximum absolute atomic E-state index is 12.5. The zero-order valence-electron chi connectivity index (χ0n) is 18.6. The standard InChI is InChI=1S/C26H22ClN3O4/c1-17-7-10-20(11-8-17)29-26(32)19(15-28)13-18-9-12-23(24(14-18)33-2)34-16-25(31)30-22-6-4-3-5-21(22)27/h3-14H,16H2,1-2H3,(H,29,32)(H,30,31)/b19-13+. The van der Waals surface area contributed by atoms with E-state index in [2.05, 4.69) is 10.6 Å². The first-order chi connectivity index (χ1) is 16.4. The van der Waals surface area contributed by atoms with E-state index in [0.717, 1.165) is 5.56 Å². The van der Waals surface area contributed by atoms with Crippen LogP contribution < -0.4 is 20.1 Å². The molecule has 2 amide bonds. The molecule has 0 heterocycles. The lowest BCUT2D eigenvalue weighted by Gasteiger charge is -2.12. The Bertz CT molecular complexity index is 1260. The SMILES string of the molecule is COc1cc(/C=C(\C#N)C(=O)Nc2ccc(C)cc2)ccc1OCC(=O)Nc1ccccc1Cl. The lowest BCUT2D eigenvalue weighted by molar-refractivity contribution is -0.118. The Kier molecular flexibility index (Phi) is 8.27. The lowest BCUT2D eigenvalue weighted by Crippen LogP contribution is -2.20. The number of anilines is 2. The zero-order chi connectivity index (χ0) is 24.5. The molecule has 0 bridgehead atoms. The molecule has 172 valence electrons. The van der Waals surface area contributed by atoms with E-state index in [-0.39, 0.29) is 12.2 Å². The van der Waals surface area contributed by atoms with Crippen LogP contribution in [0.2, 0.25) is 5.02 Å². The maximum Gasteiger partial charge on any atom is 0.266 e. The number of hydrogen-bond donors (Lipinski definition) is 2. The summed E-state index contributed by atoms with van der Waals surface area (Å²) in [4.78, 5) is 24.7. The molecule has 0 atom stereocenters. The molecule has 0 fully saturated rings. The minimum Gasteiger partial charge on any atom is -0.493 e. The van der Waals surface area contributed by atoms with Crippen molar-refractivity contribution in [1.29, 1.82) is 5.26 Å². The molecule has 3 aromatic rings. The number of amides is 2. The molecule has 3 aromatic carbocycles. The van der Waals surface area contributed by atoms with Crippen LogP contribution in [-0.2, 0) is 9.59 Å². The van der Waals surface area contributed by atoms with Crippen molar-refractivity contribution in [3.05, 3.63) is 88.5 Å². The van der Waals surface area contributed by atoms with E-state index in [4.69, 9.17) is 21.1 Å². The molecule has 7 nitrogen and oxygen atoms in total. The molecular formula is C26H22ClN3O4. The summed E-state index contributed by atoms with van der Waals surface area (Å²) in [5, 5.41) is 15.2. The first-order valence-electron chi connectivity index (χ1n) is 10.2. The molecule has 0 radical (unpaired) electrons. The van der Waals surface area contributed by atoms with Gasteiger partial charge in [-0.3, -0.25) is 9.59 Å². The van der Waals surface area contributed by atoms with E-state index in [9.17, 15) is 14.9 Å². The first-order valence-corrected chi connectivity index (χ1v) is 10.6. The Hall–Kier alpha value is -4.28. The third-order valence-electron chi connectivity index (χ3n) is 4.68. The number of rotatable bonds is 8. The fraction of sp³-hybridized carbons (Fsp3) is 0.115. The summed E-state index contributed by atoms with van der Waals surface area (Å²) in [5.41, 5.74) is 2.62. The van der Waals surface area contributed by atoms with Crippen LogP contribution in [0.15, 0.2) is 72.3 Å². The number of para-hydroxylation sites is 1. The van der Waals surface area contributed by atoms with Crippen LogP contribution in [0.25, 0.3) is 6.08 Å². The van der Waals surface area contributed by atoms with Gasteiger partial charge in [-0.15, -0.1) is 0 Å². The highest BCUT2D eigenvalue weighted by atomic mass is 35.5. The average Bonchev–Trinajstić information content (AvgIpc) is 2.84. The summed E-state index contributed by atoms with van der Waals surface area (Å²) in [6.07, 6.45) is 1.44. The minimum atomic E-state index is -0.526. The molecule has 0 aliphatic rings. The second-order valence-electron chi connectivity index (χ2n) is 7.22. The number of halogens is 1. The molecular weight excluding hydrogens is 454 g/mol. The summed E-state index contributed by atoms with van der Waals surface area (Å²) >= 11 is 6.05. The predicted octanol–water partition coefficient (Wildman–Crippen LogP) is 5.22. The molecule has 0 aliphatic carbocycles. The number of carbonyl (C=O) groups is 2. The molecule has 0 aliphatic heterocycles. The molecule has 3 rings (SSSR count). The summed E-state index contributed by atoms with van der Waals surface area (Å²) in [5.74, 6) is -0.243. The van der Waals surface area contributed by atoms with Crippen LogP contribution in [0.4, 0.5) is 11.4 Å². The van der Waals surface area contributed by atoms with Crippen LogP contribution in [0.5, 0.6) is 11.5 Å². The van der Waals surface area contributed by atoms with Gasteiger partial charge in [-0.05, 0) is 55.0 Å². The molecule has 2 N–H and O–H groups in total. The molecule has 0 unspecified atom stereocenters. The number of methoxy groups -OCH3 is 1. The highest BCUT2D eigenvalue weighted by Gasteiger charge is 2.13. The third-order valence-corrected chi connectivity index (χ3v) is 5.01. The molecule has 0 aromatic heterocycles. The zero-order valence-corrected chi connectivity index (χ0v) is 19.3. The van der Waals surface area contributed by atoms with Crippen molar-refractivity contribution in [2.24, 2.45) is 0 Å². The molecule has 8 heteroatoms. The van der Waals surface area contributed by atoms with Crippen LogP contribution in [0, 0.1) is 18.3 Å². The van der Waals surface area contributed by atoms with Crippen molar-refractivity contribution in [2.75, 3.05) is 24.4 Å². The van der Waals surface area contributed by atoms with Gasteiger partial charge in [-0.1, -0.05) is 47.5 Å². The summed E-state index contributed by atoms with van der Waals surface area (Å²) < 4.78 is 10.9. The Labute approximate surface area is 202 Å². The Morgan fingerprint density at radius 3 is 2.44 bits per heavy atom.